The minimum atomic E-state index is -0.555. The van der Waals surface area contributed by atoms with Gasteiger partial charge in [0.2, 0.25) is 0 Å². The molecule has 1 aliphatic heterocycles. The SMILES string of the molecule is OC1Cc2ccccc2C2=C(ONC2c2ccccc2)c2ccccc21. The monoisotopic (exact) mass is 341 g/mol. The van der Waals surface area contributed by atoms with Crippen LogP contribution in [0.5, 0.6) is 0 Å². The second-order valence-electron chi connectivity index (χ2n) is 6.77. The molecular weight excluding hydrogens is 322 g/mol. The van der Waals surface area contributed by atoms with Crippen LogP contribution in [0.25, 0.3) is 11.3 Å². The predicted molar refractivity (Wildman–Crippen MR) is 102 cm³/mol. The molecule has 3 aromatic carbocycles. The number of rotatable bonds is 1. The van der Waals surface area contributed by atoms with Crippen LogP contribution < -0.4 is 5.48 Å². The molecule has 2 atom stereocenters. The minimum Gasteiger partial charge on any atom is -0.407 e. The molecule has 3 heteroatoms. The van der Waals surface area contributed by atoms with Crippen molar-refractivity contribution in [3.63, 3.8) is 0 Å². The van der Waals surface area contributed by atoms with Crippen molar-refractivity contribution in [2.45, 2.75) is 18.6 Å². The maximum absolute atomic E-state index is 10.8. The first-order valence-electron chi connectivity index (χ1n) is 8.90. The van der Waals surface area contributed by atoms with Gasteiger partial charge < -0.3 is 9.94 Å². The van der Waals surface area contributed by atoms with Crippen LogP contribution in [-0.4, -0.2) is 5.11 Å². The van der Waals surface area contributed by atoms with Crippen molar-refractivity contribution in [2.24, 2.45) is 0 Å². The predicted octanol–water partition coefficient (Wildman–Crippen LogP) is 4.42. The summed E-state index contributed by atoms with van der Waals surface area (Å²) in [6.45, 7) is 0. The summed E-state index contributed by atoms with van der Waals surface area (Å²) in [5.41, 5.74) is 9.63. The Balaban J connectivity index is 1.80. The maximum atomic E-state index is 10.8. The first-order chi connectivity index (χ1) is 12.8. The highest BCUT2D eigenvalue weighted by Crippen LogP contribution is 2.46. The second kappa shape index (κ2) is 6.13. The molecule has 5 rings (SSSR count). The second-order valence-corrected chi connectivity index (χ2v) is 6.77. The Bertz CT molecular complexity index is 994. The summed E-state index contributed by atoms with van der Waals surface area (Å²) in [6, 6.07) is 26.5. The van der Waals surface area contributed by atoms with Gasteiger partial charge in [-0.25, -0.2) is 0 Å². The summed E-state index contributed by atoms with van der Waals surface area (Å²) in [6.07, 6.45) is 0.0339. The van der Waals surface area contributed by atoms with E-state index < -0.39 is 6.10 Å². The number of hydrogen-bond donors (Lipinski definition) is 2. The Morgan fingerprint density at radius 2 is 1.50 bits per heavy atom. The molecule has 0 bridgehead atoms. The van der Waals surface area contributed by atoms with Gasteiger partial charge in [-0.05, 0) is 22.3 Å². The van der Waals surface area contributed by atoms with E-state index >= 15 is 0 Å². The van der Waals surface area contributed by atoms with Crippen LogP contribution in [0.4, 0.5) is 0 Å². The van der Waals surface area contributed by atoms with Crippen LogP contribution in [0.1, 0.15) is 40.0 Å². The van der Waals surface area contributed by atoms with Crippen LogP contribution in [0.3, 0.4) is 0 Å². The Labute approximate surface area is 152 Å². The minimum absolute atomic E-state index is 0.0457. The third-order valence-corrected chi connectivity index (χ3v) is 5.23. The van der Waals surface area contributed by atoms with Gasteiger partial charge in [0.25, 0.3) is 0 Å². The van der Waals surface area contributed by atoms with Crippen LogP contribution in [-0.2, 0) is 11.3 Å². The number of fused-ring (bicyclic) bond motifs is 4. The summed E-state index contributed by atoms with van der Waals surface area (Å²) in [7, 11) is 0. The van der Waals surface area contributed by atoms with Gasteiger partial charge in [-0.2, -0.15) is 0 Å². The fourth-order valence-electron chi connectivity index (χ4n) is 3.99. The average Bonchev–Trinajstić information content (AvgIpc) is 3.12. The molecule has 0 spiro atoms. The third kappa shape index (κ3) is 2.37. The van der Waals surface area contributed by atoms with Crippen LogP contribution in [0, 0.1) is 0 Å². The third-order valence-electron chi connectivity index (χ3n) is 5.23. The molecule has 0 saturated carbocycles. The van der Waals surface area contributed by atoms with Crippen molar-refractivity contribution in [2.75, 3.05) is 0 Å². The summed E-state index contributed by atoms with van der Waals surface area (Å²) in [5.74, 6) is 0.806. The fraction of sp³-hybridized carbons (Fsp3) is 0.130. The number of aliphatic hydroxyl groups excluding tert-OH is 1. The molecule has 3 nitrogen and oxygen atoms in total. The highest BCUT2D eigenvalue weighted by molar-refractivity contribution is 5.94. The van der Waals surface area contributed by atoms with E-state index in [1.165, 1.54) is 0 Å². The first-order valence-corrected chi connectivity index (χ1v) is 8.90. The molecule has 3 aromatic rings. The fourth-order valence-corrected chi connectivity index (χ4v) is 3.99. The zero-order chi connectivity index (χ0) is 17.5. The zero-order valence-corrected chi connectivity index (χ0v) is 14.2. The maximum Gasteiger partial charge on any atom is 0.160 e. The molecule has 0 aromatic heterocycles. The van der Waals surface area contributed by atoms with Crippen LogP contribution >= 0.6 is 0 Å². The lowest BCUT2D eigenvalue weighted by molar-refractivity contribution is 0.159. The van der Waals surface area contributed by atoms with E-state index in [1.54, 1.807) is 0 Å². The largest absolute Gasteiger partial charge is 0.407 e. The number of hydroxylamine groups is 1. The zero-order valence-electron chi connectivity index (χ0n) is 14.2. The van der Waals surface area contributed by atoms with E-state index in [2.05, 4.69) is 29.7 Å². The molecule has 1 heterocycles. The number of hydrogen-bond acceptors (Lipinski definition) is 3. The molecule has 2 N–H and O–H groups in total. The van der Waals surface area contributed by atoms with Gasteiger partial charge >= 0.3 is 0 Å². The van der Waals surface area contributed by atoms with E-state index in [0.717, 1.165) is 39.1 Å². The molecule has 2 aliphatic rings. The van der Waals surface area contributed by atoms with Crippen molar-refractivity contribution < 1.29 is 9.94 Å². The molecule has 0 fully saturated rings. The molecule has 128 valence electrons. The van der Waals surface area contributed by atoms with E-state index in [1.807, 2.05) is 54.6 Å². The molecule has 26 heavy (non-hydrogen) atoms. The topological polar surface area (TPSA) is 41.5 Å². The summed E-state index contributed by atoms with van der Waals surface area (Å²) >= 11 is 0. The number of benzene rings is 3. The van der Waals surface area contributed by atoms with E-state index in [-0.39, 0.29) is 6.04 Å². The lowest BCUT2D eigenvalue weighted by Crippen LogP contribution is -2.15. The van der Waals surface area contributed by atoms with Crippen molar-refractivity contribution in [1.82, 2.24) is 5.48 Å². The van der Waals surface area contributed by atoms with E-state index in [4.69, 9.17) is 4.84 Å². The van der Waals surface area contributed by atoms with Crippen molar-refractivity contribution >= 4 is 11.3 Å². The lowest BCUT2D eigenvalue weighted by atomic mass is 9.83. The Morgan fingerprint density at radius 1 is 0.808 bits per heavy atom. The van der Waals surface area contributed by atoms with Crippen molar-refractivity contribution in [3.8, 4) is 0 Å². The van der Waals surface area contributed by atoms with E-state index in [0.29, 0.717) is 6.42 Å². The molecule has 0 radical (unpaired) electrons. The molecule has 2 unspecified atom stereocenters. The van der Waals surface area contributed by atoms with Gasteiger partial charge in [0.15, 0.2) is 5.76 Å². The Kier molecular flexibility index (Phi) is 3.63. The van der Waals surface area contributed by atoms with Gasteiger partial charge in [-0.3, -0.25) is 0 Å². The van der Waals surface area contributed by atoms with Crippen LogP contribution in [0.2, 0.25) is 0 Å². The molecule has 0 saturated heterocycles. The van der Waals surface area contributed by atoms with Gasteiger partial charge in [0.05, 0.1) is 12.1 Å². The summed E-state index contributed by atoms with van der Waals surface area (Å²) < 4.78 is 0. The Morgan fingerprint density at radius 3 is 2.35 bits per heavy atom. The van der Waals surface area contributed by atoms with Crippen LogP contribution in [0.15, 0.2) is 78.9 Å². The molecular formula is C23H19NO2. The number of nitrogens with one attached hydrogen (secondary N) is 1. The normalized spacial score (nSPS) is 21.1. The number of aliphatic hydroxyl groups is 1. The first kappa shape index (κ1) is 15.4. The molecule has 1 aliphatic carbocycles. The highest BCUT2D eigenvalue weighted by atomic mass is 16.7. The highest BCUT2D eigenvalue weighted by Gasteiger charge is 2.35. The standard InChI is InChI=1S/C23H19NO2/c25-20-14-16-10-4-5-11-17(16)21-22(15-8-2-1-3-9-15)24-26-23(21)19-13-7-6-12-18(19)20/h1-13,20,22,24-25H,14H2. The quantitative estimate of drug-likeness (QED) is 0.688. The van der Waals surface area contributed by atoms with Gasteiger partial charge in [0.1, 0.15) is 0 Å². The van der Waals surface area contributed by atoms with Gasteiger partial charge in [-0.15, -0.1) is 5.48 Å². The van der Waals surface area contributed by atoms with Crippen molar-refractivity contribution in [3.05, 3.63) is 107 Å². The lowest BCUT2D eigenvalue weighted by Gasteiger charge is -2.23. The summed E-state index contributed by atoms with van der Waals surface area (Å²) in [5, 5.41) is 10.8. The molecule has 0 amide bonds. The van der Waals surface area contributed by atoms with Gasteiger partial charge in [0, 0.05) is 17.6 Å². The van der Waals surface area contributed by atoms with Crippen molar-refractivity contribution in [1.29, 1.82) is 0 Å². The summed E-state index contributed by atoms with van der Waals surface area (Å²) in [4.78, 5) is 6.01. The smallest absolute Gasteiger partial charge is 0.160 e. The Hall–Kier alpha value is -2.88. The van der Waals surface area contributed by atoms with Gasteiger partial charge in [-0.1, -0.05) is 78.9 Å². The van der Waals surface area contributed by atoms with E-state index in [9.17, 15) is 5.11 Å². The average molecular weight is 341 g/mol.